The molecule has 0 aliphatic heterocycles. The van der Waals surface area contributed by atoms with Crippen molar-refractivity contribution in [1.29, 1.82) is 0 Å². The molecule has 0 saturated carbocycles. The van der Waals surface area contributed by atoms with Crippen LogP contribution in [0.5, 0.6) is 0 Å². The van der Waals surface area contributed by atoms with Gasteiger partial charge in [0.1, 0.15) is 0 Å². The van der Waals surface area contributed by atoms with Crippen molar-refractivity contribution in [2.75, 3.05) is 0 Å². The molecule has 0 atom stereocenters. The minimum absolute atomic E-state index is 0. The van der Waals surface area contributed by atoms with Crippen LogP contribution in [0.3, 0.4) is 0 Å². The third-order valence-electron chi connectivity index (χ3n) is 0.555. The summed E-state index contributed by atoms with van der Waals surface area (Å²) in [6.07, 6.45) is -5.62. The van der Waals surface area contributed by atoms with Gasteiger partial charge in [0.25, 0.3) is 0 Å². The van der Waals surface area contributed by atoms with Gasteiger partial charge in [-0.05, 0) is 0 Å². The molecule has 0 unspecified atom stereocenters. The van der Waals surface area contributed by atoms with Gasteiger partial charge >= 0.3 is 59.6 Å². The average molecular weight is 233 g/mol. The Hall–Kier alpha value is 0.685. The maximum atomic E-state index is 11.2. The van der Waals surface area contributed by atoms with Crippen molar-refractivity contribution in [2.24, 2.45) is 0 Å². The fourth-order valence-corrected chi connectivity index (χ4v) is 0.631. The quantitative estimate of drug-likeness (QED) is 0.280. The number of sulfonamides is 1. The topological polar surface area (TPSA) is 46.2 Å². The van der Waals surface area contributed by atoms with Crippen LogP contribution in [0, 0.1) is 0 Å². The van der Waals surface area contributed by atoms with Crippen LogP contribution in [0.15, 0.2) is 0 Å². The number of alkyl halides is 6. The molecule has 12 heteroatoms. The van der Waals surface area contributed by atoms with Gasteiger partial charge in [-0.2, -0.15) is 26.3 Å². The van der Waals surface area contributed by atoms with Crippen molar-refractivity contribution < 1.29 is 75.3 Å². The Morgan fingerprint density at radius 2 is 1.21 bits per heavy atom. The second-order valence-electron chi connectivity index (χ2n) is 1.55. The predicted molar refractivity (Wildman–Crippen MR) is 26.4 cm³/mol. The number of hydrogen-bond acceptors (Lipinski definition) is 2. The molecular weight excluding hydrogens is 230 g/mol. The first kappa shape index (κ1) is 20.1. The van der Waals surface area contributed by atoms with Crippen LogP contribution < -0.4 is 42.4 Å². The zero-order valence-corrected chi connectivity index (χ0v) is 7.81. The zero-order valence-electron chi connectivity index (χ0n) is 8.99. The minimum atomic E-state index is -6.33. The van der Waals surface area contributed by atoms with E-state index in [1.54, 1.807) is 0 Å². The van der Waals surface area contributed by atoms with E-state index in [4.69, 9.17) is 0 Å². The Morgan fingerprint density at radius 1 is 0.929 bits per heavy atom. The molecule has 0 aliphatic rings. The van der Waals surface area contributed by atoms with Gasteiger partial charge in [0.2, 0.25) is 0 Å². The smallest absolute Gasteiger partial charge is 1.00 e. The van der Waals surface area contributed by atoms with E-state index in [0.29, 0.717) is 0 Å². The molecule has 0 heterocycles. The van der Waals surface area contributed by atoms with Gasteiger partial charge in [-0.1, -0.05) is 0 Å². The van der Waals surface area contributed by atoms with Gasteiger partial charge in [-0.3, -0.25) is 0 Å². The van der Waals surface area contributed by atoms with Crippen LogP contribution in [-0.2, 0) is 10.0 Å². The summed E-state index contributed by atoms with van der Waals surface area (Å²) < 4.78 is 85.8. The first-order valence-corrected chi connectivity index (χ1v) is 3.61. The molecule has 0 aliphatic carbocycles. The summed E-state index contributed by atoms with van der Waals surface area (Å²) in [6.45, 7) is 0. The molecule has 0 aromatic rings. The molecular formula is C2H3F6Li2NO2S. The van der Waals surface area contributed by atoms with Crippen molar-refractivity contribution in [3.05, 3.63) is 0 Å². The number of hydrogen-bond donors (Lipinski definition) is 1. The van der Waals surface area contributed by atoms with Crippen molar-refractivity contribution in [1.82, 2.24) is 4.72 Å². The fourth-order valence-electron chi connectivity index (χ4n) is 0.210. The van der Waals surface area contributed by atoms with Gasteiger partial charge < -0.3 is 2.85 Å². The SMILES string of the molecule is O=S(=O)(NC(F)(F)F)C(F)(F)F.[H-].[H-].[Li+].[Li+]. The molecule has 0 fully saturated rings. The molecule has 78 valence electrons. The Morgan fingerprint density at radius 3 is 1.29 bits per heavy atom. The molecule has 3 nitrogen and oxygen atoms in total. The molecule has 0 amide bonds. The number of nitrogens with one attached hydrogen (secondary N) is 1. The summed E-state index contributed by atoms with van der Waals surface area (Å²) in [7, 11) is -6.33. The normalized spacial score (nSPS) is 12.7. The molecule has 0 aromatic carbocycles. The van der Waals surface area contributed by atoms with Gasteiger partial charge in [-0.15, -0.1) is 4.72 Å². The van der Waals surface area contributed by atoms with Crippen LogP contribution in [-0.4, -0.2) is 20.2 Å². The summed E-state index contributed by atoms with van der Waals surface area (Å²) in [6, 6.07) is 0. The van der Waals surface area contributed by atoms with E-state index in [2.05, 4.69) is 0 Å². The van der Waals surface area contributed by atoms with E-state index in [1.807, 2.05) is 0 Å². The zero-order chi connectivity index (χ0) is 10.2. The third kappa shape index (κ3) is 7.04. The van der Waals surface area contributed by atoms with Gasteiger partial charge in [0.05, 0.1) is 0 Å². The van der Waals surface area contributed by atoms with Gasteiger partial charge in [0.15, 0.2) is 0 Å². The molecule has 0 bridgehead atoms. The van der Waals surface area contributed by atoms with Crippen LogP contribution in [0.2, 0.25) is 0 Å². The molecule has 0 radical (unpaired) electrons. The molecule has 0 aromatic heterocycles. The monoisotopic (exact) mass is 233 g/mol. The van der Waals surface area contributed by atoms with E-state index >= 15 is 0 Å². The maximum Gasteiger partial charge on any atom is 1.00 e. The van der Waals surface area contributed by atoms with E-state index < -0.39 is 26.6 Å². The average Bonchev–Trinajstić information content (AvgIpc) is 1.52. The maximum absolute atomic E-state index is 11.2. The summed E-state index contributed by atoms with van der Waals surface area (Å²) in [5, 5.41) is 0. The van der Waals surface area contributed by atoms with E-state index in [9.17, 15) is 34.8 Å². The minimum Gasteiger partial charge on any atom is -1.00 e. The van der Waals surface area contributed by atoms with E-state index in [-0.39, 0.29) is 40.6 Å². The first-order valence-electron chi connectivity index (χ1n) is 2.13. The van der Waals surface area contributed by atoms with Crippen LogP contribution in [0.4, 0.5) is 26.3 Å². The van der Waals surface area contributed by atoms with Crippen LogP contribution >= 0.6 is 0 Å². The van der Waals surface area contributed by atoms with Crippen LogP contribution in [0.1, 0.15) is 2.85 Å². The van der Waals surface area contributed by atoms with Crippen molar-refractivity contribution in [3.63, 3.8) is 0 Å². The Bertz CT molecular complexity index is 265. The molecule has 0 rings (SSSR count). The second-order valence-corrected chi connectivity index (χ2v) is 3.22. The van der Waals surface area contributed by atoms with Crippen molar-refractivity contribution >= 4 is 10.0 Å². The van der Waals surface area contributed by atoms with E-state index in [0.717, 1.165) is 0 Å². The molecule has 1 N–H and O–H groups in total. The Kier molecular flexibility index (Phi) is 8.18. The standard InChI is InChI=1S/C2HF6NO2S.2Li.2H/c3-1(4,5)9-12(10,11)2(6,7)8;;;;/h9H;;;;/q;2*+1;2*-1. The summed E-state index contributed by atoms with van der Waals surface area (Å²) in [5.74, 6) is 0. The largest absolute Gasteiger partial charge is 1.00 e. The van der Waals surface area contributed by atoms with Crippen molar-refractivity contribution in [3.8, 4) is 0 Å². The number of rotatable bonds is 1. The van der Waals surface area contributed by atoms with Crippen molar-refractivity contribution in [2.45, 2.75) is 11.8 Å². The van der Waals surface area contributed by atoms with Gasteiger partial charge in [-0.25, -0.2) is 8.42 Å². The Balaban J connectivity index is -0.000000101. The molecule has 0 saturated heterocycles. The third-order valence-corrected chi connectivity index (χ3v) is 1.66. The summed E-state index contributed by atoms with van der Waals surface area (Å²) in [5.41, 5.74) is -5.96. The Labute approximate surface area is 102 Å². The first-order chi connectivity index (χ1) is 4.96. The number of halogens is 6. The van der Waals surface area contributed by atoms with Crippen LogP contribution in [0.25, 0.3) is 0 Å². The molecule has 14 heavy (non-hydrogen) atoms. The fraction of sp³-hybridized carbons (Fsp3) is 1.00. The predicted octanol–water partition coefficient (Wildman–Crippen LogP) is -4.82. The second kappa shape index (κ2) is 5.68. The summed E-state index contributed by atoms with van der Waals surface area (Å²) in [4.78, 5) is 0. The van der Waals surface area contributed by atoms with Gasteiger partial charge in [0, 0.05) is 0 Å². The van der Waals surface area contributed by atoms with E-state index in [1.165, 1.54) is 0 Å². The molecule has 0 spiro atoms. The summed E-state index contributed by atoms with van der Waals surface area (Å²) >= 11 is 0.